The molecule has 3 fully saturated rings. The Balaban J connectivity index is 1.56. The first-order chi connectivity index (χ1) is 24.1. The lowest BCUT2D eigenvalue weighted by molar-refractivity contribution is -0.142. The maximum atomic E-state index is 15.1. The maximum Gasteiger partial charge on any atom is 0.251 e. The second kappa shape index (κ2) is 16.1. The highest BCUT2D eigenvalue weighted by atomic mass is 32.2. The first-order valence-corrected chi connectivity index (χ1v) is 19.0. The third-order valence-corrected chi connectivity index (χ3v) is 12.5. The Kier molecular flexibility index (Phi) is 12.0. The number of benzene rings is 2. The van der Waals surface area contributed by atoms with Crippen LogP contribution in [0.1, 0.15) is 53.9 Å². The van der Waals surface area contributed by atoms with E-state index in [4.69, 9.17) is 4.74 Å². The lowest BCUT2D eigenvalue weighted by Crippen LogP contribution is -2.58. The molecule has 3 heterocycles. The van der Waals surface area contributed by atoms with Gasteiger partial charge in [-0.05, 0) is 94.5 Å². The number of carbonyl (C=O) groups is 3. The van der Waals surface area contributed by atoms with E-state index < -0.39 is 28.7 Å². The number of anilines is 3. The number of thioether (sulfide) groups is 1. The number of likely N-dealkylation sites (tertiary alicyclic amines) is 1. The van der Waals surface area contributed by atoms with Gasteiger partial charge in [-0.1, -0.05) is 26.0 Å². The van der Waals surface area contributed by atoms with Gasteiger partial charge in [0.15, 0.2) is 0 Å². The van der Waals surface area contributed by atoms with Crippen molar-refractivity contribution >= 4 is 46.5 Å². The van der Waals surface area contributed by atoms with E-state index in [9.17, 15) is 14.7 Å². The predicted molar refractivity (Wildman–Crippen MR) is 204 cm³/mol. The largest absolute Gasteiger partial charge is 0.494 e. The molecule has 10 heteroatoms. The number of amides is 3. The molecular weight excluding hydrogens is 649 g/mol. The molecule has 1 N–H and O–H groups in total. The number of hydrogen-bond acceptors (Lipinski definition) is 7. The summed E-state index contributed by atoms with van der Waals surface area (Å²) in [5.41, 5.74) is 2.50. The fourth-order valence-electron chi connectivity index (χ4n) is 8.42. The number of fused-ring (bicyclic) bond motifs is 1. The number of carbonyl (C=O) groups excluding carboxylic acids is 3. The molecule has 0 aromatic heterocycles. The summed E-state index contributed by atoms with van der Waals surface area (Å²) < 4.78 is 4.83. The van der Waals surface area contributed by atoms with Gasteiger partial charge in [0.25, 0.3) is 5.91 Å². The van der Waals surface area contributed by atoms with E-state index >= 15 is 4.79 Å². The van der Waals surface area contributed by atoms with Crippen LogP contribution < -0.4 is 19.4 Å². The lowest BCUT2D eigenvalue weighted by atomic mass is 9.70. The summed E-state index contributed by atoms with van der Waals surface area (Å²) in [6.07, 6.45) is 5.31. The van der Waals surface area contributed by atoms with Crippen molar-refractivity contribution in [1.29, 1.82) is 0 Å². The molecule has 2 aromatic carbocycles. The average Bonchev–Trinajstić information content (AvgIpc) is 3.76. The van der Waals surface area contributed by atoms with Crippen molar-refractivity contribution in [2.24, 2.45) is 17.8 Å². The number of rotatable bonds is 17. The number of aliphatic hydroxyl groups is 1. The Hall–Kier alpha value is -3.76. The van der Waals surface area contributed by atoms with E-state index in [0.717, 1.165) is 30.9 Å². The van der Waals surface area contributed by atoms with Crippen molar-refractivity contribution in [3.63, 3.8) is 0 Å². The normalized spacial score (nSPS) is 24.2. The van der Waals surface area contributed by atoms with Crippen LogP contribution in [0, 0.1) is 17.8 Å². The summed E-state index contributed by atoms with van der Waals surface area (Å²) in [5.74, 6) is -0.974. The fourth-order valence-corrected chi connectivity index (χ4v) is 10.6. The van der Waals surface area contributed by atoms with Crippen LogP contribution in [0.2, 0.25) is 0 Å². The lowest BCUT2D eigenvalue weighted by Gasteiger charge is -2.40. The average molecular weight is 703 g/mol. The molecular formula is C40H54N4O5S. The smallest absolute Gasteiger partial charge is 0.251 e. The molecule has 5 rings (SSSR count). The van der Waals surface area contributed by atoms with Crippen LogP contribution >= 0.6 is 11.8 Å². The Morgan fingerprint density at radius 3 is 2.04 bits per heavy atom. The topological polar surface area (TPSA) is 93.6 Å². The van der Waals surface area contributed by atoms with E-state index in [1.807, 2.05) is 55.5 Å². The van der Waals surface area contributed by atoms with Gasteiger partial charge in [-0.3, -0.25) is 14.4 Å². The van der Waals surface area contributed by atoms with Gasteiger partial charge in [0.2, 0.25) is 11.8 Å². The SMILES string of the molecule is C=CCN(C(=O)C1N([C@@H](CO)CC(C)C)C(=O)[C@@H]2[C@H](C(=O)N(CC=C)c3ccc(OCC)cc3)[C@@H]3CCC12S3)c1ccc(N(CC)CC)cc1. The zero-order valence-corrected chi connectivity index (χ0v) is 31.1. The second-order valence-corrected chi connectivity index (χ2v) is 15.5. The molecule has 2 unspecified atom stereocenters. The van der Waals surface area contributed by atoms with E-state index in [2.05, 4.69) is 45.8 Å². The highest BCUT2D eigenvalue weighted by Crippen LogP contribution is 2.67. The Morgan fingerprint density at radius 2 is 1.52 bits per heavy atom. The summed E-state index contributed by atoms with van der Waals surface area (Å²) in [4.78, 5) is 52.1. The molecule has 3 aliphatic rings. The zero-order chi connectivity index (χ0) is 36.2. The number of hydrogen-bond donors (Lipinski definition) is 1. The van der Waals surface area contributed by atoms with Crippen LogP contribution in [0.5, 0.6) is 5.75 Å². The van der Waals surface area contributed by atoms with Gasteiger partial charge >= 0.3 is 0 Å². The standard InChI is InChI=1S/C40H54N4O5S/c1-8-23-42(30-17-19-32(20-18-30)49-12-5)37(46)34-33-21-22-40(50-33)35(34)38(47)44(31(26-45)25-27(6)7)36(40)39(48)43(24-9-2)29-15-13-28(14-16-29)41(10-3)11-4/h8-9,13-20,27,31,33-36,45H,1-2,10-12,21-26H2,3-7H3/t31-,33+,34-,35+,36?,40?/m1/s1. The van der Waals surface area contributed by atoms with Gasteiger partial charge < -0.3 is 29.4 Å². The molecule has 50 heavy (non-hydrogen) atoms. The number of aliphatic hydroxyl groups excluding tert-OH is 1. The highest BCUT2D eigenvalue weighted by molar-refractivity contribution is 8.02. The van der Waals surface area contributed by atoms with Crippen molar-refractivity contribution in [3.8, 4) is 5.75 Å². The zero-order valence-electron chi connectivity index (χ0n) is 30.3. The first-order valence-electron chi connectivity index (χ1n) is 18.1. The van der Waals surface area contributed by atoms with Crippen molar-refractivity contribution in [3.05, 3.63) is 73.8 Å². The van der Waals surface area contributed by atoms with Crippen molar-refractivity contribution in [1.82, 2.24) is 4.90 Å². The van der Waals surface area contributed by atoms with Crippen molar-refractivity contribution < 1.29 is 24.2 Å². The van der Waals surface area contributed by atoms with Crippen LogP contribution in [0.15, 0.2) is 73.8 Å². The molecule has 2 aromatic rings. The van der Waals surface area contributed by atoms with Gasteiger partial charge in [0.05, 0.1) is 35.8 Å². The number of ether oxygens (including phenoxy) is 1. The van der Waals surface area contributed by atoms with E-state index in [0.29, 0.717) is 30.9 Å². The molecule has 9 nitrogen and oxygen atoms in total. The van der Waals surface area contributed by atoms with Gasteiger partial charge in [-0.15, -0.1) is 24.9 Å². The quantitative estimate of drug-likeness (QED) is 0.197. The maximum absolute atomic E-state index is 15.1. The van der Waals surface area contributed by atoms with Gasteiger partial charge in [0.1, 0.15) is 11.8 Å². The first kappa shape index (κ1) is 37.5. The number of nitrogens with zero attached hydrogens (tertiary/aromatic N) is 4. The van der Waals surface area contributed by atoms with Gasteiger partial charge in [0, 0.05) is 48.5 Å². The highest BCUT2D eigenvalue weighted by Gasteiger charge is 2.74. The van der Waals surface area contributed by atoms with Crippen LogP contribution in [0.4, 0.5) is 17.1 Å². The molecule has 3 amide bonds. The van der Waals surface area contributed by atoms with Gasteiger partial charge in [-0.2, -0.15) is 0 Å². The van der Waals surface area contributed by atoms with Crippen LogP contribution in [-0.4, -0.2) is 89.2 Å². The molecule has 0 radical (unpaired) electrons. The molecule has 3 saturated heterocycles. The Bertz CT molecular complexity index is 1530. The molecule has 3 aliphatic heterocycles. The second-order valence-electron chi connectivity index (χ2n) is 13.9. The van der Waals surface area contributed by atoms with E-state index in [1.165, 1.54) is 0 Å². The summed E-state index contributed by atoms with van der Waals surface area (Å²) in [7, 11) is 0. The molecule has 2 bridgehead atoms. The monoisotopic (exact) mass is 702 g/mol. The summed E-state index contributed by atoms with van der Waals surface area (Å²) >= 11 is 1.64. The minimum atomic E-state index is -0.843. The Morgan fingerprint density at radius 1 is 0.960 bits per heavy atom. The molecule has 0 aliphatic carbocycles. The summed E-state index contributed by atoms with van der Waals surface area (Å²) in [5, 5.41) is 10.7. The van der Waals surface area contributed by atoms with Crippen LogP contribution in [0.3, 0.4) is 0 Å². The third-order valence-electron chi connectivity index (χ3n) is 10.5. The molecule has 0 saturated carbocycles. The predicted octanol–water partition coefficient (Wildman–Crippen LogP) is 6.17. The van der Waals surface area contributed by atoms with Crippen molar-refractivity contribution in [2.75, 3.05) is 54.1 Å². The van der Waals surface area contributed by atoms with E-state index in [1.54, 1.807) is 38.6 Å². The minimum absolute atomic E-state index is 0.109. The fraction of sp³-hybridized carbons (Fsp3) is 0.525. The minimum Gasteiger partial charge on any atom is -0.494 e. The molecule has 270 valence electrons. The molecule has 1 spiro atoms. The third kappa shape index (κ3) is 6.81. The van der Waals surface area contributed by atoms with Gasteiger partial charge in [-0.25, -0.2) is 0 Å². The summed E-state index contributed by atoms with van der Waals surface area (Å²) in [6.45, 7) is 20.7. The summed E-state index contributed by atoms with van der Waals surface area (Å²) in [6, 6.07) is 14.0. The molecule has 6 atom stereocenters. The van der Waals surface area contributed by atoms with E-state index in [-0.39, 0.29) is 48.6 Å². The van der Waals surface area contributed by atoms with Crippen molar-refractivity contribution in [2.45, 2.75) is 76.0 Å². The van der Waals surface area contributed by atoms with Crippen LogP contribution in [-0.2, 0) is 14.4 Å². The Labute approximate surface area is 302 Å². The van der Waals surface area contributed by atoms with Crippen LogP contribution in [0.25, 0.3) is 0 Å².